The summed E-state index contributed by atoms with van der Waals surface area (Å²) in [5.41, 5.74) is 4.67. The van der Waals surface area contributed by atoms with E-state index in [0.717, 1.165) is 33.7 Å². The number of thioether (sulfide) groups is 1. The highest BCUT2D eigenvalue weighted by molar-refractivity contribution is 8.01. The lowest BCUT2D eigenvalue weighted by Crippen LogP contribution is -2.30. The molecule has 1 aliphatic rings. The number of benzene rings is 2. The van der Waals surface area contributed by atoms with Gasteiger partial charge in [-0.1, -0.05) is 26.0 Å². The molecule has 0 bridgehead atoms. The number of thiazole rings is 1. The number of rotatable bonds is 5. The van der Waals surface area contributed by atoms with Crippen molar-refractivity contribution < 1.29 is 14.6 Å². The van der Waals surface area contributed by atoms with Gasteiger partial charge in [-0.2, -0.15) is 0 Å². The second-order valence-corrected chi connectivity index (χ2v) is 10.3. The van der Waals surface area contributed by atoms with E-state index in [4.69, 9.17) is 9.72 Å². The number of nitrogens with zero attached hydrogens (tertiary/aromatic N) is 2. The van der Waals surface area contributed by atoms with Gasteiger partial charge in [0, 0.05) is 10.9 Å². The number of ether oxygens (including phenoxy) is 1. The number of aromatic hydroxyl groups is 1. The molecule has 1 saturated heterocycles. The first kappa shape index (κ1) is 21.7. The Morgan fingerprint density at radius 3 is 2.71 bits per heavy atom. The number of phenolic OH excluding ortho intramolecular Hbond substituents is 1. The predicted molar refractivity (Wildman–Crippen MR) is 128 cm³/mol. The molecule has 3 aromatic rings. The van der Waals surface area contributed by atoms with Crippen LogP contribution in [-0.4, -0.2) is 28.4 Å². The number of anilines is 1. The largest absolute Gasteiger partial charge is 0.508 e. The Bertz CT molecular complexity index is 1130. The Labute approximate surface area is 191 Å². The molecule has 1 amide bonds. The van der Waals surface area contributed by atoms with Crippen LogP contribution in [0.5, 0.6) is 11.5 Å². The average molecular weight is 455 g/mol. The zero-order valence-corrected chi connectivity index (χ0v) is 19.9. The molecule has 0 saturated carbocycles. The summed E-state index contributed by atoms with van der Waals surface area (Å²) in [6, 6.07) is 11.6. The van der Waals surface area contributed by atoms with Crippen molar-refractivity contribution in [2.45, 2.75) is 44.2 Å². The van der Waals surface area contributed by atoms with Crippen LogP contribution in [-0.2, 0) is 4.79 Å². The van der Waals surface area contributed by atoms with Crippen LogP contribution in [0.1, 0.15) is 48.8 Å². The number of phenols is 1. The highest BCUT2D eigenvalue weighted by Crippen LogP contribution is 2.47. The number of methoxy groups -OCH3 is 1. The van der Waals surface area contributed by atoms with Gasteiger partial charge >= 0.3 is 0 Å². The maximum absolute atomic E-state index is 13.1. The van der Waals surface area contributed by atoms with Crippen LogP contribution in [0.15, 0.2) is 41.8 Å². The Hall–Kier alpha value is -2.51. The Morgan fingerprint density at radius 2 is 2.00 bits per heavy atom. The fraction of sp³-hybridized carbons (Fsp3) is 0.333. The number of amides is 1. The van der Waals surface area contributed by atoms with Gasteiger partial charge in [0.2, 0.25) is 5.91 Å². The number of carbonyl (C=O) groups excluding carboxylic acids is 1. The molecule has 1 fully saturated rings. The maximum Gasteiger partial charge on any atom is 0.242 e. The quantitative estimate of drug-likeness (QED) is 0.503. The summed E-state index contributed by atoms with van der Waals surface area (Å²) in [5.74, 6) is 1.34. The highest BCUT2D eigenvalue weighted by atomic mass is 32.2. The summed E-state index contributed by atoms with van der Waals surface area (Å²) in [5, 5.41) is 12.7. The summed E-state index contributed by atoms with van der Waals surface area (Å²) < 4.78 is 5.38. The third kappa shape index (κ3) is 4.04. The Morgan fingerprint density at radius 1 is 1.23 bits per heavy atom. The van der Waals surface area contributed by atoms with Crippen LogP contribution in [0.3, 0.4) is 0 Å². The molecule has 0 radical (unpaired) electrons. The number of aryl methyl sites for hydroxylation is 1. The molecule has 2 atom stereocenters. The van der Waals surface area contributed by atoms with Crippen LogP contribution < -0.4 is 9.64 Å². The monoisotopic (exact) mass is 454 g/mol. The SMILES string of the molecule is COc1cccc(C2SC(C)C(=O)N2c2nc(-c3cc(C(C)C)c(O)cc3C)cs2)c1. The molecule has 4 rings (SSSR count). The van der Waals surface area contributed by atoms with Gasteiger partial charge in [0.25, 0.3) is 0 Å². The van der Waals surface area contributed by atoms with E-state index in [1.807, 2.05) is 49.6 Å². The van der Waals surface area contributed by atoms with Crippen molar-refractivity contribution in [2.24, 2.45) is 0 Å². The summed E-state index contributed by atoms with van der Waals surface area (Å²) >= 11 is 3.09. The maximum atomic E-state index is 13.1. The molecule has 1 aliphatic heterocycles. The van der Waals surface area contributed by atoms with Crippen molar-refractivity contribution in [2.75, 3.05) is 12.0 Å². The number of hydrogen-bond donors (Lipinski definition) is 1. The highest BCUT2D eigenvalue weighted by Gasteiger charge is 2.41. The average Bonchev–Trinajstić information content (AvgIpc) is 3.32. The van der Waals surface area contributed by atoms with Crippen molar-refractivity contribution >= 4 is 34.1 Å². The lowest BCUT2D eigenvalue weighted by atomic mass is 9.95. The summed E-state index contributed by atoms with van der Waals surface area (Å²) in [7, 11) is 1.64. The van der Waals surface area contributed by atoms with Gasteiger partial charge in [-0.15, -0.1) is 23.1 Å². The molecule has 2 aromatic carbocycles. The van der Waals surface area contributed by atoms with Crippen molar-refractivity contribution in [1.82, 2.24) is 4.98 Å². The van der Waals surface area contributed by atoms with Crippen LogP contribution in [0.25, 0.3) is 11.3 Å². The third-order valence-corrected chi connectivity index (χ3v) is 7.69. The second-order valence-electron chi connectivity index (χ2n) is 8.01. The Kier molecular flexibility index (Phi) is 5.99. The minimum atomic E-state index is -0.149. The van der Waals surface area contributed by atoms with E-state index in [9.17, 15) is 9.90 Å². The van der Waals surface area contributed by atoms with Gasteiger partial charge in [0.15, 0.2) is 5.13 Å². The minimum absolute atomic E-state index is 0.0593. The smallest absolute Gasteiger partial charge is 0.242 e. The first-order valence-corrected chi connectivity index (χ1v) is 12.0. The minimum Gasteiger partial charge on any atom is -0.508 e. The van der Waals surface area contributed by atoms with Gasteiger partial charge in [-0.3, -0.25) is 9.69 Å². The number of aromatic nitrogens is 1. The molecular formula is C24H26N2O3S2. The first-order chi connectivity index (χ1) is 14.8. The van der Waals surface area contributed by atoms with Gasteiger partial charge in [0.1, 0.15) is 16.9 Å². The van der Waals surface area contributed by atoms with E-state index in [2.05, 4.69) is 13.8 Å². The first-order valence-electron chi connectivity index (χ1n) is 10.2. The lowest BCUT2D eigenvalue weighted by Gasteiger charge is -2.21. The van der Waals surface area contributed by atoms with E-state index in [0.29, 0.717) is 10.9 Å². The molecule has 0 spiro atoms. The van der Waals surface area contributed by atoms with Gasteiger partial charge < -0.3 is 9.84 Å². The zero-order valence-electron chi connectivity index (χ0n) is 18.2. The predicted octanol–water partition coefficient (Wildman–Crippen LogP) is 6.12. The van der Waals surface area contributed by atoms with Crippen LogP contribution >= 0.6 is 23.1 Å². The standard InChI is InChI=1S/C24H26N2O3S2/c1-13(2)18-11-19(14(3)9-21(18)27)20-12-30-24(25-20)26-22(28)15(4)31-23(26)16-7-6-8-17(10-16)29-5/h6-13,15,23,27H,1-5H3. The summed E-state index contributed by atoms with van der Waals surface area (Å²) in [6.45, 7) is 8.02. The fourth-order valence-corrected chi connectivity index (χ4v) is 5.96. The molecular weight excluding hydrogens is 428 g/mol. The molecule has 7 heteroatoms. The molecule has 1 aromatic heterocycles. The van der Waals surface area contributed by atoms with E-state index in [1.54, 1.807) is 29.8 Å². The van der Waals surface area contributed by atoms with Gasteiger partial charge in [-0.05, 0) is 60.7 Å². The molecule has 2 heterocycles. The Balaban J connectivity index is 1.73. The van der Waals surface area contributed by atoms with E-state index in [-0.39, 0.29) is 22.4 Å². The topological polar surface area (TPSA) is 62.7 Å². The van der Waals surface area contributed by atoms with Crippen LogP contribution in [0.4, 0.5) is 5.13 Å². The van der Waals surface area contributed by atoms with E-state index < -0.39 is 0 Å². The van der Waals surface area contributed by atoms with Crippen molar-refractivity contribution in [3.05, 3.63) is 58.5 Å². The van der Waals surface area contributed by atoms with Gasteiger partial charge in [-0.25, -0.2) is 4.98 Å². The summed E-state index contributed by atoms with van der Waals surface area (Å²) in [4.78, 5) is 19.7. The summed E-state index contributed by atoms with van der Waals surface area (Å²) in [6.07, 6.45) is 0. The molecule has 2 unspecified atom stereocenters. The van der Waals surface area contributed by atoms with Crippen molar-refractivity contribution in [1.29, 1.82) is 0 Å². The van der Waals surface area contributed by atoms with Crippen molar-refractivity contribution in [3.63, 3.8) is 0 Å². The van der Waals surface area contributed by atoms with Gasteiger partial charge in [0.05, 0.1) is 18.1 Å². The molecule has 0 aliphatic carbocycles. The van der Waals surface area contributed by atoms with Crippen LogP contribution in [0, 0.1) is 6.92 Å². The number of carbonyl (C=O) groups is 1. The number of hydrogen-bond acceptors (Lipinski definition) is 6. The molecule has 1 N–H and O–H groups in total. The molecule has 31 heavy (non-hydrogen) atoms. The second kappa shape index (κ2) is 8.55. The van der Waals surface area contributed by atoms with Crippen LogP contribution in [0.2, 0.25) is 0 Å². The van der Waals surface area contributed by atoms with Crippen molar-refractivity contribution in [3.8, 4) is 22.8 Å². The third-order valence-electron chi connectivity index (χ3n) is 5.50. The van der Waals surface area contributed by atoms with E-state index >= 15 is 0 Å². The molecule has 162 valence electrons. The normalized spacial score (nSPS) is 18.8. The zero-order chi connectivity index (χ0) is 22.3. The van der Waals surface area contributed by atoms with E-state index in [1.165, 1.54) is 11.3 Å². The lowest BCUT2D eigenvalue weighted by molar-refractivity contribution is -0.117. The fourth-order valence-electron chi connectivity index (χ4n) is 3.79. The molecule has 5 nitrogen and oxygen atoms in total.